The fraction of sp³-hybridized carbons (Fsp3) is 0.474. The second-order valence-electron chi connectivity index (χ2n) is 6.35. The molecule has 4 nitrogen and oxygen atoms in total. The predicted octanol–water partition coefficient (Wildman–Crippen LogP) is 4.01. The van der Waals surface area contributed by atoms with E-state index in [9.17, 15) is 4.79 Å². The standard InChI is InChI=1S/C19H26N2O2S/c1-12(2)17-7-6-13(3)10-18(17)23-14(4)19(22)20-9-8-16-11-24-15(5)21-16/h6-7,10-12,14H,8-9H2,1-5H3,(H,20,22)/t14-/m0/s1. The van der Waals surface area contributed by atoms with Crippen LogP contribution in [-0.2, 0) is 11.2 Å². The number of rotatable bonds is 7. The molecule has 0 fully saturated rings. The molecule has 0 radical (unpaired) electrons. The number of carbonyl (C=O) groups excluding carboxylic acids is 1. The topological polar surface area (TPSA) is 51.2 Å². The van der Waals surface area contributed by atoms with Crippen LogP contribution in [0.4, 0.5) is 0 Å². The zero-order valence-electron chi connectivity index (χ0n) is 15.1. The predicted molar refractivity (Wildman–Crippen MR) is 98.9 cm³/mol. The lowest BCUT2D eigenvalue weighted by Gasteiger charge is -2.19. The van der Waals surface area contributed by atoms with E-state index in [0.29, 0.717) is 12.5 Å². The zero-order valence-corrected chi connectivity index (χ0v) is 15.9. The molecule has 0 saturated carbocycles. The van der Waals surface area contributed by atoms with E-state index in [2.05, 4.69) is 36.3 Å². The maximum absolute atomic E-state index is 12.3. The number of hydrogen-bond donors (Lipinski definition) is 1. The van der Waals surface area contributed by atoms with Crippen LogP contribution in [0.15, 0.2) is 23.6 Å². The summed E-state index contributed by atoms with van der Waals surface area (Å²) >= 11 is 1.63. The smallest absolute Gasteiger partial charge is 0.260 e. The van der Waals surface area contributed by atoms with Gasteiger partial charge >= 0.3 is 0 Å². The molecule has 0 unspecified atom stereocenters. The Balaban J connectivity index is 1.90. The van der Waals surface area contributed by atoms with E-state index in [1.807, 2.05) is 25.3 Å². The molecular weight excluding hydrogens is 320 g/mol. The van der Waals surface area contributed by atoms with Crippen LogP contribution in [0.2, 0.25) is 0 Å². The van der Waals surface area contributed by atoms with Crippen LogP contribution < -0.4 is 10.1 Å². The highest BCUT2D eigenvalue weighted by atomic mass is 32.1. The summed E-state index contributed by atoms with van der Waals surface area (Å²) in [5, 5.41) is 6.00. The first-order chi connectivity index (χ1) is 11.4. The first kappa shape index (κ1) is 18.5. The van der Waals surface area contributed by atoms with Crippen LogP contribution in [0.1, 0.15) is 48.5 Å². The SMILES string of the molecule is Cc1ccc(C(C)C)c(O[C@@H](C)C(=O)NCCc2csc(C)n2)c1. The molecule has 1 atom stereocenters. The zero-order chi connectivity index (χ0) is 17.7. The third-order valence-electron chi connectivity index (χ3n) is 3.81. The van der Waals surface area contributed by atoms with E-state index in [1.54, 1.807) is 18.3 Å². The van der Waals surface area contributed by atoms with Gasteiger partial charge in [0.2, 0.25) is 0 Å². The Morgan fingerprint density at radius 3 is 2.67 bits per heavy atom. The van der Waals surface area contributed by atoms with Crippen molar-refractivity contribution in [2.45, 2.75) is 53.1 Å². The average molecular weight is 346 g/mol. The van der Waals surface area contributed by atoms with Gasteiger partial charge in [0.05, 0.1) is 10.7 Å². The van der Waals surface area contributed by atoms with E-state index in [-0.39, 0.29) is 5.91 Å². The van der Waals surface area contributed by atoms with Gasteiger partial charge in [-0.1, -0.05) is 26.0 Å². The Labute approximate surface area is 148 Å². The summed E-state index contributed by atoms with van der Waals surface area (Å²) in [5.74, 6) is 1.05. The van der Waals surface area contributed by atoms with E-state index in [4.69, 9.17) is 4.74 Å². The molecule has 2 rings (SSSR count). The summed E-state index contributed by atoms with van der Waals surface area (Å²) in [7, 11) is 0. The van der Waals surface area contributed by atoms with Crippen LogP contribution in [0, 0.1) is 13.8 Å². The normalized spacial score (nSPS) is 12.2. The monoisotopic (exact) mass is 346 g/mol. The molecule has 2 aromatic rings. The molecule has 0 aliphatic carbocycles. The largest absolute Gasteiger partial charge is 0.481 e. The number of aromatic nitrogens is 1. The Bertz CT molecular complexity index is 694. The fourth-order valence-electron chi connectivity index (χ4n) is 2.45. The number of amides is 1. The summed E-state index contributed by atoms with van der Waals surface area (Å²) in [4.78, 5) is 16.7. The van der Waals surface area contributed by atoms with Gasteiger partial charge in [-0.3, -0.25) is 4.79 Å². The highest BCUT2D eigenvalue weighted by Gasteiger charge is 2.17. The van der Waals surface area contributed by atoms with Crippen LogP contribution >= 0.6 is 11.3 Å². The van der Waals surface area contributed by atoms with E-state index >= 15 is 0 Å². The number of benzene rings is 1. The Hall–Kier alpha value is -1.88. The molecule has 0 aliphatic heterocycles. The summed E-state index contributed by atoms with van der Waals surface area (Å²) in [6.07, 6.45) is 0.214. The lowest BCUT2D eigenvalue weighted by molar-refractivity contribution is -0.127. The maximum Gasteiger partial charge on any atom is 0.260 e. The summed E-state index contributed by atoms with van der Waals surface area (Å²) < 4.78 is 5.93. The first-order valence-corrected chi connectivity index (χ1v) is 9.20. The van der Waals surface area contributed by atoms with Gasteiger partial charge in [-0.05, 0) is 43.9 Å². The van der Waals surface area contributed by atoms with E-state index in [0.717, 1.165) is 34.0 Å². The molecule has 1 aromatic heterocycles. The van der Waals surface area contributed by atoms with Crippen molar-refractivity contribution in [3.05, 3.63) is 45.4 Å². The first-order valence-electron chi connectivity index (χ1n) is 8.32. The second-order valence-corrected chi connectivity index (χ2v) is 7.42. The summed E-state index contributed by atoms with van der Waals surface area (Å²) in [6, 6.07) is 6.14. The van der Waals surface area contributed by atoms with Gasteiger partial charge in [-0.15, -0.1) is 11.3 Å². The highest BCUT2D eigenvalue weighted by Crippen LogP contribution is 2.28. The van der Waals surface area contributed by atoms with Crippen molar-refractivity contribution in [1.82, 2.24) is 10.3 Å². The molecule has 1 aromatic carbocycles. The fourth-order valence-corrected chi connectivity index (χ4v) is 3.09. The molecule has 24 heavy (non-hydrogen) atoms. The van der Waals surface area contributed by atoms with Crippen molar-refractivity contribution in [2.24, 2.45) is 0 Å². The van der Waals surface area contributed by atoms with E-state index < -0.39 is 6.10 Å². The van der Waals surface area contributed by atoms with Crippen molar-refractivity contribution in [3.8, 4) is 5.75 Å². The van der Waals surface area contributed by atoms with Gasteiger partial charge in [0.25, 0.3) is 5.91 Å². The number of carbonyl (C=O) groups is 1. The minimum Gasteiger partial charge on any atom is -0.481 e. The number of hydrogen-bond acceptors (Lipinski definition) is 4. The van der Waals surface area contributed by atoms with Crippen LogP contribution in [0.5, 0.6) is 5.75 Å². The van der Waals surface area contributed by atoms with Crippen molar-refractivity contribution in [2.75, 3.05) is 6.54 Å². The third-order valence-corrected chi connectivity index (χ3v) is 4.63. The highest BCUT2D eigenvalue weighted by molar-refractivity contribution is 7.09. The maximum atomic E-state index is 12.3. The van der Waals surface area contributed by atoms with Crippen molar-refractivity contribution < 1.29 is 9.53 Å². The molecule has 1 heterocycles. The Kier molecular flexibility index (Phi) is 6.37. The number of aryl methyl sites for hydroxylation is 2. The second kappa shape index (κ2) is 8.29. The van der Waals surface area contributed by atoms with Crippen LogP contribution in [0.25, 0.3) is 0 Å². The lowest BCUT2D eigenvalue weighted by Crippen LogP contribution is -2.37. The van der Waals surface area contributed by atoms with Gasteiger partial charge in [0, 0.05) is 18.3 Å². The molecule has 0 spiro atoms. The molecular formula is C19H26N2O2S. The van der Waals surface area contributed by atoms with Crippen molar-refractivity contribution in [3.63, 3.8) is 0 Å². The van der Waals surface area contributed by atoms with Crippen LogP contribution in [-0.4, -0.2) is 23.5 Å². The van der Waals surface area contributed by atoms with Gasteiger partial charge in [0.1, 0.15) is 5.75 Å². The van der Waals surface area contributed by atoms with Gasteiger partial charge in [-0.25, -0.2) is 4.98 Å². The molecule has 0 aliphatic rings. The lowest BCUT2D eigenvalue weighted by atomic mass is 10.0. The Morgan fingerprint density at radius 2 is 2.04 bits per heavy atom. The van der Waals surface area contributed by atoms with Crippen molar-refractivity contribution >= 4 is 17.2 Å². The molecule has 130 valence electrons. The molecule has 0 saturated heterocycles. The molecule has 0 bridgehead atoms. The third kappa shape index (κ3) is 5.06. The average Bonchev–Trinajstić information content (AvgIpc) is 2.92. The van der Waals surface area contributed by atoms with Crippen LogP contribution in [0.3, 0.4) is 0 Å². The number of ether oxygens (including phenoxy) is 1. The number of nitrogens with zero attached hydrogens (tertiary/aromatic N) is 1. The van der Waals surface area contributed by atoms with Crippen molar-refractivity contribution in [1.29, 1.82) is 0 Å². The van der Waals surface area contributed by atoms with E-state index in [1.165, 1.54) is 0 Å². The molecule has 1 N–H and O–H groups in total. The minimum absolute atomic E-state index is 0.0989. The van der Waals surface area contributed by atoms with Gasteiger partial charge in [0.15, 0.2) is 6.10 Å². The molecule has 5 heteroatoms. The number of thiazole rings is 1. The quantitative estimate of drug-likeness (QED) is 0.824. The Morgan fingerprint density at radius 1 is 1.29 bits per heavy atom. The van der Waals surface area contributed by atoms with Gasteiger partial charge in [-0.2, -0.15) is 0 Å². The van der Waals surface area contributed by atoms with Gasteiger partial charge < -0.3 is 10.1 Å². The summed E-state index contributed by atoms with van der Waals surface area (Å²) in [5.41, 5.74) is 3.27. The molecule has 1 amide bonds. The summed E-state index contributed by atoms with van der Waals surface area (Å²) in [6.45, 7) is 10.6. The minimum atomic E-state index is -0.526. The number of nitrogens with one attached hydrogen (secondary N) is 1.